The van der Waals surface area contributed by atoms with Crippen LogP contribution in [-0.2, 0) is 9.53 Å². The minimum atomic E-state index is -0.319. The first kappa shape index (κ1) is 27.1. The van der Waals surface area contributed by atoms with Crippen molar-refractivity contribution in [3.8, 4) is 35.1 Å². The first-order valence-electron chi connectivity index (χ1n) is 12.1. The number of hydrogen-bond donors (Lipinski definition) is 3. The number of imidazole rings is 1. The van der Waals surface area contributed by atoms with Crippen LogP contribution < -0.4 is 25.8 Å². The van der Waals surface area contributed by atoms with E-state index in [2.05, 4.69) is 26.5 Å². The molecular weight excluding hydrogens is 500 g/mol. The Morgan fingerprint density at radius 1 is 1.18 bits per heavy atom. The summed E-state index contributed by atoms with van der Waals surface area (Å²) in [4.78, 5) is 33.0. The molecule has 200 valence electrons. The van der Waals surface area contributed by atoms with Crippen molar-refractivity contribution >= 4 is 29.5 Å². The van der Waals surface area contributed by atoms with Gasteiger partial charge in [0.05, 0.1) is 30.8 Å². The Balaban J connectivity index is 1.58. The SMILES string of the molecule is C#CCOc1ccc(-c2cnc3c(Nc4ccc(C(=O)NCCOCCN)c(C)c4OC=O)nccn23)cc1. The molecule has 0 radical (unpaired) electrons. The summed E-state index contributed by atoms with van der Waals surface area (Å²) < 4.78 is 17.9. The Hall–Kier alpha value is -4.92. The van der Waals surface area contributed by atoms with Gasteiger partial charge in [-0.2, -0.15) is 0 Å². The minimum Gasteiger partial charge on any atom is -0.481 e. The van der Waals surface area contributed by atoms with Gasteiger partial charge in [-0.05, 0) is 43.3 Å². The number of terminal acetylenes is 1. The van der Waals surface area contributed by atoms with Crippen LogP contribution in [0.5, 0.6) is 11.5 Å². The summed E-state index contributed by atoms with van der Waals surface area (Å²) in [6, 6.07) is 10.8. The molecule has 39 heavy (non-hydrogen) atoms. The molecule has 0 spiro atoms. The summed E-state index contributed by atoms with van der Waals surface area (Å²) in [5.41, 5.74) is 8.98. The second-order valence-corrected chi connectivity index (χ2v) is 8.24. The van der Waals surface area contributed by atoms with Gasteiger partial charge in [-0.25, -0.2) is 9.97 Å². The summed E-state index contributed by atoms with van der Waals surface area (Å²) in [5.74, 6) is 3.43. The van der Waals surface area contributed by atoms with Gasteiger partial charge in [-0.3, -0.25) is 14.0 Å². The fourth-order valence-corrected chi connectivity index (χ4v) is 3.95. The van der Waals surface area contributed by atoms with Gasteiger partial charge >= 0.3 is 0 Å². The van der Waals surface area contributed by atoms with Crippen LogP contribution in [0.1, 0.15) is 15.9 Å². The molecule has 1 amide bonds. The molecule has 0 fully saturated rings. The molecule has 0 atom stereocenters. The fourth-order valence-electron chi connectivity index (χ4n) is 3.95. The molecular formula is C28H28N6O5. The Morgan fingerprint density at radius 2 is 2.00 bits per heavy atom. The minimum absolute atomic E-state index is 0.195. The van der Waals surface area contributed by atoms with Crippen LogP contribution in [0, 0.1) is 19.3 Å². The zero-order valence-electron chi connectivity index (χ0n) is 21.3. The van der Waals surface area contributed by atoms with Crippen molar-refractivity contribution in [2.24, 2.45) is 5.73 Å². The number of fused-ring (bicyclic) bond motifs is 1. The van der Waals surface area contributed by atoms with E-state index in [0.717, 1.165) is 11.3 Å². The highest BCUT2D eigenvalue weighted by atomic mass is 16.5. The van der Waals surface area contributed by atoms with Crippen molar-refractivity contribution in [2.45, 2.75) is 6.92 Å². The predicted octanol–water partition coefficient (Wildman–Crippen LogP) is 2.70. The second-order valence-electron chi connectivity index (χ2n) is 8.24. The van der Waals surface area contributed by atoms with E-state index in [1.54, 1.807) is 37.6 Å². The number of nitrogens with two attached hydrogens (primary N) is 1. The van der Waals surface area contributed by atoms with E-state index >= 15 is 0 Å². The molecule has 11 nitrogen and oxygen atoms in total. The average Bonchev–Trinajstić information content (AvgIpc) is 3.39. The number of anilines is 2. The van der Waals surface area contributed by atoms with Crippen molar-refractivity contribution in [3.05, 3.63) is 66.1 Å². The largest absolute Gasteiger partial charge is 0.481 e. The molecule has 2 aromatic heterocycles. The third-order valence-electron chi connectivity index (χ3n) is 5.76. The lowest BCUT2D eigenvalue weighted by molar-refractivity contribution is -0.120. The van der Waals surface area contributed by atoms with Gasteiger partial charge in [0.1, 0.15) is 12.4 Å². The van der Waals surface area contributed by atoms with Gasteiger partial charge in [0.2, 0.25) is 0 Å². The quantitative estimate of drug-likeness (QED) is 0.136. The first-order valence-corrected chi connectivity index (χ1v) is 12.1. The van der Waals surface area contributed by atoms with Crippen LogP contribution in [0.15, 0.2) is 55.0 Å². The number of benzene rings is 2. The maximum atomic E-state index is 12.7. The fraction of sp³-hybridized carbons (Fsp3) is 0.214. The molecule has 4 aromatic rings. The van der Waals surface area contributed by atoms with Crippen molar-refractivity contribution in [2.75, 3.05) is 38.2 Å². The highest BCUT2D eigenvalue weighted by Gasteiger charge is 2.19. The average molecular weight is 529 g/mol. The second kappa shape index (κ2) is 13.0. The lowest BCUT2D eigenvalue weighted by Gasteiger charge is -2.16. The number of amides is 1. The highest BCUT2D eigenvalue weighted by Crippen LogP contribution is 2.34. The van der Waals surface area contributed by atoms with Crippen molar-refractivity contribution in [1.82, 2.24) is 19.7 Å². The number of carbonyl (C=O) groups is 2. The summed E-state index contributed by atoms with van der Waals surface area (Å²) in [6.45, 7) is 3.69. The number of ether oxygens (including phenoxy) is 3. The van der Waals surface area contributed by atoms with E-state index < -0.39 is 0 Å². The van der Waals surface area contributed by atoms with Crippen molar-refractivity contribution in [1.29, 1.82) is 0 Å². The zero-order chi connectivity index (χ0) is 27.6. The number of carbonyl (C=O) groups excluding carboxylic acids is 2. The summed E-state index contributed by atoms with van der Waals surface area (Å²) in [7, 11) is 0. The Morgan fingerprint density at radius 3 is 2.74 bits per heavy atom. The molecule has 4 N–H and O–H groups in total. The van der Waals surface area contributed by atoms with E-state index in [0.29, 0.717) is 66.8 Å². The van der Waals surface area contributed by atoms with E-state index in [1.807, 2.05) is 28.7 Å². The number of rotatable bonds is 13. The van der Waals surface area contributed by atoms with Gasteiger partial charge < -0.3 is 30.6 Å². The maximum Gasteiger partial charge on any atom is 0.298 e. The van der Waals surface area contributed by atoms with Crippen LogP contribution in [-0.4, -0.2) is 59.7 Å². The molecule has 2 aromatic carbocycles. The standard InChI is InChI=1S/C28H28N6O5/c1-3-14-38-21-6-4-20(5-7-21)24-17-32-27-26(30-11-13-34(24)27)33-23-9-8-22(19(2)25(23)39-18-35)28(36)31-12-16-37-15-10-29/h1,4-9,11,13,17-18H,10,12,14-16,29H2,2H3,(H,30,33)(H,31,36). The van der Waals surface area contributed by atoms with Crippen LogP contribution in [0.25, 0.3) is 16.9 Å². The Labute approximate surface area is 225 Å². The Kier molecular flexibility index (Phi) is 9.07. The Bertz CT molecular complexity index is 1490. The molecule has 11 heteroatoms. The van der Waals surface area contributed by atoms with E-state index in [1.165, 1.54) is 0 Å². The van der Waals surface area contributed by atoms with Gasteiger partial charge in [0.15, 0.2) is 17.2 Å². The predicted molar refractivity (Wildman–Crippen MR) is 146 cm³/mol. The summed E-state index contributed by atoms with van der Waals surface area (Å²) in [6.07, 6.45) is 10.4. The monoisotopic (exact) mass is 528 g/mol. The van der Waals surface area contributed by atoms with Crippen LogP contribution in [0.4, 0.5) is 11.5 Å². The van der Waals surface area contributed by atoms with Crippen LogP contribution >= 0.6 is 0 Å². The number of aromatic nitrogens is 3. The van der Waals surface area contributed by atoms with Crippen molar-refractivity contribution < 1.29 is 23.8 Å². The molecule has 4 rings (SSSR count). The van der Waals surface area contributed by atoms with Gasteiger partial charge in [-0.1, -0.05) is 5.92 Å². The third kappa shape index (κ3) is 6.32. The van der Waals surface area contributed by atoms with Gasteiger partial charge in [0.25, 0.3) is 12.4 Å². The first-order chi connectivity index (χ1) is 19.1. The normalized spacial score (nSPS) is 10.6. The molecule has 0 aliphatic heterocycles. The lowest BCUT2D eigenvalue weighted by atomic mass is 10.1. The lowest BCUT2D eigenvalue weighted by Crippen LogP contribution is -2.28. The molecule has 0 unspecified atom stereocenters. The molecule has 0 saturated carbocycles. The van der Waals surface area contributed by atoms with E-state index in [4.69, 9.17) is 26.4 Å². The molecule has 0 bridgehead atoms. The van der Waals surface area contributed by atoms with Crippen LogP contribution in [0.2, 0.25) is 0 Å². The van der Waals surface area contributed by atoms with Gasteiger partial charge in [-0.15, -0.1) is 6.42 Å². The molecule has 0 aliphatic rings. The van der Waals surface area contributed by atoms with Crippen LogP contribution in [0.3, 0.4) is 0 Å². The summed E-state index contributed by atoms with van der Waals surface area (Å²) in [5, 5.41) is 5.97. The highest BCUT2D eigenvalue weighted by molar-refractivity contribution is 5.97. The topological polar surface area (TPSA) is 142 Å². The van der Waals surface area contributed by atoms with E-state index in [-0.39, 0.29) is 18.3 Å². The van der Waals surface area contributed by atoms with Gasteiger partial charge in [0, 0.05) is 42.2 Å². The number of nitrogens with zero attached hydrogens (tertiary/aromatic N) is 3. The smallest absolute Gasteiger partial charge is 0.298 e. The zero-order valence-corrected chi connectivity index (χ0v) is 21.3. The van der Waals surface area contributed by atoms with Crippen molar-refractivity contribution in [3.63, 3.8) is 0 Å². The third-order valence-corrected chi connectivity index (χ3v) is 5.76. The van der Waals surface area contributed by atoms with E-state index in [9.17, 15) is 9.59 Å². The number of nitrogens with one attached hydrogen (secondary N) is 2. The molecule has 0 aliphatic carbocycles. The number of hydrogen-bond acceptors (Lipinski definition) is 9. The summed E-state index contributed by atoms with van der Waals surface area (Å²) >= 11 is 0. The molecule has 2 heterocycles. The molecule has 0 saturated heterocycles. The maximum absolute atomic E-state index is 12.7.